The van der Waals surface area contributed by atoms with Crippen LogP contribution in [-0.2, 0) is 9.53 Å². The van der Waals surface area contributed by atoms with Gasteiger partial charge >= 0.3 is 6.09 Å². The van der Waals surface area contributed by atoms with Crippen LogP contribution in [0, 0.1) is 5.92 Å². The van der Waals surface area contributed by atoms with E-state index >= 15 is 0 Å². The molecule has 0 bridgehead atoms. The monoisotopic (exact) mass is 410 g/mol. The highest BCUT2D eigenvalue weighted by Crippen LogP contribution is 2.50. The number of fused-ring (bicyclic) bond motifs is 1. The van der Waals surface area contributed by atoms with Crippen molar-refractivity contribution in [1.29, 1.82) is 0 Å². The Kier molecular flexibility index (Phi) is 6.11. The van der Waals surface area contributed by atoms with Crippen LogP contribution in [0.3, 0.4) is 0 Å². The van der Waals surface area contributed by atoms with Crippen molar-refractivity contribution >= 4 is 39.3 Å². The molecule has 0 aliphatic carbocycles. The van der Waals surface area contributed by atoms with E-state index in [0.717, 1.165) is 5.70 Å². The summed E-state index contributed by atoms with van der Waals surface area (Å²) >= 11 is 0. The van der Waals surface area contributed by atoms with Gasteiger partial charge in [-0.05, 0) is 18.1 Å². The van der Waals surface area contributed by atoms with Crippen LogP contribution in [0.1, 0.15) is 13.8 Å². The molecule has 2 atom stereocenters. The molecule has 2 unspecified atom stereocenters. The standard InChI is InChI=1S/C18H22N2O5S2/c1-10(2)8-25-18(22)19-15-16-13(9-26-27-16)20(17(15)21)12-6-5-11(23-3)7-14(12)24-4/h5-7,9-10,15-16H,8H2,1-4H3,(H,19,22). The molecule has 9 heteroatoms. The number of anilines is 1. The van der Waals surface area contributed by atoms with E-state index < -0.39 is 12.1 Å². The number of nitrogens with one attached hydrogen (secondary N) is 1. The molecule has 0 saturated carbocycles. The minimum absolute atomic E-state index is 0.180. The Labute approximate surface area is 166 Å². The van der Waals surface area contributed by atoms with Crippen molar-refractivity contribution in [3.8, 4) is 11.5 Å². The number of methoxy groups -OCH3 is 2. The van der Waals surface area contributed by atoms with Gasteiger partial charge in [-0.25, -0.2) is 4.79 Å². The molecule has 1 aromatic carbocycles. The van der Waals surface area contributed by atoms with Crippen molar-refractivity contribution in [2.45, 2.75) is 25.1 Å². The van der Waals surface area contributed by atoms with Crippen molar-refractivity contribution in [2.75, 3.05) is 25.7 Å². The molecule has 1 aromatic rings. The fourth-order valence-electron chi connectivity index (χ4n) is 2.83. The van der Waals surface area contributed by atoms with Crippen molar-refractivity contribution in [3.05, 3.63) is 29.3 Å². The van der Waals surface area contributed by atoms with E-state index in [9.17, 15) is 9.59 Å². The minimum Gasteiger partial charge on any atom is -0.497 e. The third-order valence-electron chi connectivity index (χ3n) is 4.12. The minimum atomic E-state index is -0.692. The van der Waals surface area contributed by atoms with Gasteiger partial charge in [0, 0.05) is 17.2 Å². The lowest BCUT2D eigenvalue weighted by molar-refractivity contribution is -0.118. The number of hydrogen-bond donors (Lipinski definition) is 1. The van der Waals surface area contributed by atoms with Gasteiger partial charge in [0.15, 0.2) is 0 Å². The van der Waals surface area contributed by atoms with Crippen LogP contribution in [0.4, 0.5) is 10.5 Å². The molecule has 27 heavy (non-hydrogen) atoms. The number of rotatable bonds is 6. The topological polar surface area (TPSA) is 77.1 Å². The Morgan fingerprint density at radius 1 is 1.30 bits per heavy atom. The molecule has 2 heterocycles. The third-order valence-corrected chi connectivity index (χ3v) is 6.53. The van der Waals surface area contributed by atoms with Gasteiger partial charge in [0.2, 0.25) is 0 Å². The largest absolute Gasteiger partial charge is 0.497 e. The Hall–Kier alpha value is -2.00. The summed E-state index contributed by atoms with van der Waals surface area (Å²) in [5.74, 6) is 1.16. The summed E-state index contributed by atoms with van der Waals surface area (Å²) < 4.78 is 15.9. The predicted octanol–water partition coefficient (Wildman–Crippen LogP) is 3.41. The Morgan fingerprint density at radius 3 is 2.74 bits per heavy atom. The Morgan fingerprint density at radius 2 is 2.07 bits per heavy atom. The highest BCUT2D eigenvalue weighted by molar-refractivity contribution is 8.78. The highest BCUT2D eigenvalue weighted by atomic mass is 33.1. The Balaban J connectivity index is 1.85. The van der Waals surface area contributed by atoms with Crippen LogP contribution in [0.2, 0.25) is 0 Å². The van der Waals surface area contributed by atoms with Crippen LogP contribution in [0.5, 0.6) is 11.5 Å². The van der Waals surface area contributed by atoms with E-state index in [1.165, 1.54) is 21.6 Å². The smallest absolute Gasteiger partial charge is 0.407 e. The molecule has 146 valence electrons. The van der Waals surface area contributed by atoms with E-state index in [0.29, 0.717) is 23.8 Å². The average Bonchev–Trinajstić information content (AvgIpc) is 3.22. The second kappa shape index (κ2) is 8.35. The fraction of sp³-hybridized carbons (Fsp3) is 0.444. The zero-order valence-electron chi connectivity index (χ0n) is 15.6. The fourth-order valence-corrected chi connectivity index (χ4v) is 5.46. The molecule has 1 N–H and O–H groups in total. The third kappa shape index (κ3) is 3.98. The second-order valence-electron chi connectivity index (χ2n) is 6.48. The first-order chi connectivity index (χ1) is 13.0. The number of alkyl carbamates (subject to hydrolysis) is 1. The first-order valence-corrected chi connectivity index (χ1v) is 10.7. The van der Waals surface area contributed by atoms with Crippen LogP contribution in [0.25, 0.3) is 0 Å². The maximum atomic E-state index is 13.1. The predicted molar refractivity (Wildman–Crippen MR) is 107 cm³/mol. The van der Waals surface area contributed by atoms with Gasteiger partial charge in [-0.2, -0.15) is 0 Å². The summed E-state index contributed by atoms with van der Waals surface area (Å²) in [4.78, 5) is 26.8. The Bertz CT molecular complexity index is 768. The molecule has 2 aliphatic rings. The van der Waals surface area contributed by atoms with Gasteiger partial charge < -0.3 is 19.5 Å². The van der Waals surface area contributed by atoms with E-state index in [-0.39, 0.29) is 17.1 Å². The number of nitrogens with zero attached hydrogens (tertiary/aromatic N) is 1. The van der Waals surface area contributed by atoms with E-state index in [4.69, 9.17) is 14.2 Å². The number of benzene rings is 1. The molecule has 2 aliphatic heterocycles. The zero-order chi connectivity index (χ0) is 19.6. The van der Waals surface area contributed by atoms with Crippen molar-refractivity contribution in [1.82, 2.24) is 5.32 Å². The molecule has 1 fully saturated rings. The summed E-state index contributed by atoms with van der Waals surface area (Å²) in [5.41, 5.74) is 1.44. The molecular formula is C18H22N2O5S2. The molecule has 7 nitrogen and oxygen atoms in total. The lowest BCUT2D eigenvalue weighted by Crippen LogP contribution is -2.45. The maximum Gasteiger partial charge on any atom is 0.407 e. The normalized spacial score (nSPS) is 21.1. The van der Waals surface area contributed by atoms with Crippen LogP contribution in [-0.4, -0.2) is 44.1 Å². The van der Waals surface area contributed by atoms with Gasteiger partial charge in [-0.15, -0.1) is 0 Å². The molecule has 0 spiro atoms. The van der Waals surface area contributed by atoms with Crippen molar-refractivity contribution < 1.29 is 23.8 Å². The van der Waals surface area contributed by atoms with Crippen LogP contribution >= 0.6 is 21.6 Å². The highest BCUT2D eigenvalue weighted by Gasteiger charge is 2.49. The average molecular weight is 411 g/mol. The van der Waals surface area contributed by atoms with Gasteiger partial charge in [-0.3, -0.25) is 9.69 Å². The summed E-state index contributed by atoms with van der Waals surface area (Å²) in [6, 6.07) is 4.59. The maximum absolute atomic E-state index is 13.1. The van der Waals surface area contributed by atoms with E-state index in [1.54, 1.807) is 37.3 Å². The van der Waals surface area contributed by atoms with E-state index in [1.807, 2.05) is 19.3 Å². The van der Waals surface area contributed by atoms with Crippen molar-refractivity contribution in [3.63, 3.8) is 0 Å². The molecule has 0 aromatic heterocycles. The number of amides is 2. The lowest BCUT2D eigenvalue weighted by atomic mass is 10.2. The summed E-state index contributed by atoms with van der Waals surface area (Å²) in [6.07, 6.45) is -0.581. The molecule has 0 radical (unpaired) electrons. The summed E-state index contributed by atoms with van der Waals surface area (Å²) in [5, 5.41) is 4.47. The van der Waals surface area contributed by atoms with Gasteiger partial charge in [0.1, 0.15) is 17.5 Å². The second-order valence-corrected chi connectivity index (χ2v) is 8.76. The SMILES string of the molecule is COc1ccc(N2C(=O)C(NC(=O)OCC(C)C)C3SSC=C32)c(OC)c1. The van der Waals surface area contributed by atoms with Gasteiger partial charge in [0.05, 0.1) is 31.8 Å². The zero-order valence-corrected chi connectivity index (χ0v) is 17.2. The van der Waals surface area contributed by atoms with E-state index in [2.05, 4.69) is 5.32 Å². The van der Waals surface area contributed by atoms with Gasteiger partial charge in [-0.1, -0.05) is 35.4 Å². The van der Waals surface area contributed by atoms with Gasteiger partial charge in [0.25, 0.3) is 5.91 Å². The number of ether oxygens (including phenoxy) is 3. The molecule has 2 amide bonds. The summed E-state index contributed by atoms with van der Waals surface area (Å²) in [6.45, 7) is 4.21. The van der Waals surface area contributed by atoms with Crippen molar-refractivity contribution in [2.24, 2.45) is 5.92 Å². The molecule has 1 saturated heterocycles. The number of carbonyl (C=O) groups is 2. The lowest BCUT2D eigenvalue weighted by Gasteiger charge is -2.21. The molecular weight excluding hydrogens is 388 g/mol. The number of carbonyl (C=O) groups excluding carboxylic acids is 2. The quantitative estimate of drug-likeness (QED) is 0.720. The first kappa shape index (κ1) is 19.8. The molecule has 3 rings (SSSR count). The summed E-state index contributed by atoms with van der Waals surface area (Å²) in [7, 11) is 6.19. The van der Waals surface area contributed by atoms with Crippen LogP contribution < -0.4 is 19.7 Å². The first-order valence-electron chi connectivity index (χ1n) is 8.47. The van der Waals surface area contributed by atoms with Crippen LogP contribution in [0.15, 0.2) is 29.3 Å². The number of hydrogen-bond acceptors (Lipinski definition) is 7.